The number of carbonyl (C=O) groups is 1. The number of ether oxygens (including phenoxy) is 3. The first-order valence-corrected chi connectivity index (χ1v) is 11.8. The second-order valence-electron chi connectivity index (χ2n) is 8.45. The van der Waals surface area contributed by atoms with Crippen LogP contribution in [0.5, 0.6) is 17.2 Å². The quantitative estimate of drug-likeness (QED) is 0.362. The number of hydrogen-bond donors (Lipinski definition) is 1. The number of anilines is 1. The summed E-state index contributed by atoms with van der Waals surface area (Å²) in [6.07, 6.45) is 1.16. The number of hydrogen-bond acceptors (Lipinski definition) is 7. The van der Waals surface area contributed by atoms with Crippen LogP contribution in [0.15, 0.2) is 53.3 Å². The van der Waals surface area contributed by atoms with Crippen LogP contribution in [0, 0.1) is 20.8 Å². The van der Waals surface area contributed by atoms with E-state index >= 15 is 0 Å². The predicted octanol–water partition coefficient (Wildman–Crippen LogP) is 4.81. The van der Waals surface area contributed by atoms with Gasteiger partial charge in [-0.3, -0.25) is 9.36 Å². The molecule has 0 saturated heterocycles. The Morgan fingerprint density at radius 3 is 2.00 bits per heavy atom. The van der Waals surface area contributed by atoms with Gasteiger partial charge >= 0.3 is 0 Å². The smallest absolute Gasteiger partial charge is 0.265 e. The van der Waals surface area contributed by atoms with Crippen molar-refractivity contribution in [3.05, 3.63) is 81.4 Å². The Kier molecular flexibility index (Phi) is 8.90. The maximum absolute atomic E-state index is 12.9. The molecule has 0 radical (unpaired) electrons. The highest BCUT2D eigenvalue weighted by Gasteiger charge is 2.13. The zero-order valence-electron chi connectivity index (χ0n) is 22.3. The van der Waals surface area contributed by atoms with E-state index in [1.165, 1.54) is 0 Å². The Bertz CT molecular complexity index is 1430. The van der Waals surface area contributed by atoms with Gasteiger partial charge in [0.25, 0.3) is 5.56 Å². The molecule has 0 saturated carbocycles. The molecule has 194 valence electrons. The lowest BCUT2D eigenvalue weighted by molar-refractivity contribution is -0.107. The Morgan fingerprint density at radius 2 is 1.49 bits per heavy atom. The molecule has 0 fully saturated rings. The summed E-state index contributed by atoms with van der Waals surface area (Å²) < 4.78 is 17.1. The first kappa shape index (κ1) is 27.3. The van der Waals surface area contributed by atoms with Crippen molar-refractivity contribution in [1.82, 2.24) is 9.55 Å². The van der Waals surface area contributed by atoms with Crippen molar-refractivity contribution in [2.24, 2.45) is 0 Å². The summed E-state index contributed by atoms with van der Waals surface area (Å²) in [6, 6.07) is 15.2. The second kappa shape index (κ2) is 12.1. The molecule has 37 heavy (non-hydrogen) atoms. The second-order valence-corrected chi connectivity index (χ2v) is 8.45. The van der Waals surface area contributed by atoms with Crippen LogP contribution in [-0.4, -0.2) is 44.2 Å². The highest BCUT2D eigenvalue weighted by molar-refractivity contribution is 5.80. The summed E-state index contributed by atoms with van der Waals surface area (Å²) in [7, 11) is 6.50. The van der Waals surface area contributed by atoms with Gasteiger partial charge in [-0.05, 0) is 86.0 Å². The molecule has 8 nitrogen and oxygen atoms in total. The van der Waals surface area contributed by atoms with E-state index in [9.17, 15) is 9.59 Å². The standard InChI is InChI=1S/C18H19N3O.C11H14O4/c1-11-9-16-17(10-12(11)2)20-13(3)21(18(16)22)15-7-5-14(19-4)6-8-15;1-13-9-6-8(4-5-12)7-10(14-2)11(9)15-3/h5-10,19H,1-4H3;5-7H,4H2,1-3H3. The van der Waals surface area contributed by atoms with Crippen LogP contribution in [0.2, 0.25) is 0 Å². The number of rotatable bonds is 7. The van der Waals surface area contributed by atoms with E-state index < -0.39 is 0 Å². The van der Waals surface area contributed by atoms with Crippen LogP contribution in [0.25, 0.3) is 16.6 Å². The van der Waals surface area contributed by atoms with Crippen molar-refractivity contribution in [1.29, 1.82) is 0 Å². The molecule has 8 heteroatoms. The fourth-order valence-corrected chi connectivity index (χ4v) is 3.99. The van der Waals surface area contributed by atoms with E-state index in [-0.39, 0.29) is 5.56 Å². The van der Waals surface area contributed by atoms with Gasteiger partial charge in [-0.1, -0.05) is 0 Å². The topological polar surface area (TPSA) is 91.7 Å². The Balaban J connectivity index is 0.000000222. The third kappa shape index (κ3) is 5.91. The summed E-state index contributed by atoms with van der Waals surface area (Å²) in [5, 5.41) is 3.73. The number of nitrogens with one attached hydrogen (secondary N) is 1. The van der Waals surface area contributed by atoms with E-state index in [4.69, 9.17) is 14.2 Å². The Morgan fingerprint density at radius 1 is 0.892 bits per heavy atom. The molecule has 1 heterocycles. The van der Waals surface area contributed by atoms with Crippen molar-refractivity contribution >= 4 is 22.9 Å². The van der Waals surface area contributed by atoms with E-state index in [1.54, 1.807) is 38.0 Å². The summed E-state index contributed by atoms with van der Waals surface area (Å²) >= 11 is 0. The normalized spacial score (nSPS) is 10.4. The minimum absolute atomic E-state index is 0.0252. The molecule has 0 bridgehead atoms. The average Bonchev–Trinajstić information content (AvgIpc) is 2.90. The molecule has 4 rings (SSSR count). The molecule has 1 aromatic heterocycles. The lowest BCUT2D eigenvalue weighted by atomic mass is 10.1. The highest BCUT2D eigenvalue weighted by atomic mass is 16.5. The zero-order chi connectivity index (χ0) is 27.1. The molecule has 1 N–H and O–H groups in total. The average molecular weight is 504 g/mol. The number of aldehydes is 1. The lowest BCUT2D eigenvalue weighted by Crippen LogP contribution is -2.22. The van der Waals surface area contributed by atoms with Crippen LogP contribution >= 0.6 is 0 Å². The van der Waals surface area contributed by atoms with Crippen LogP contribution in [0.3, 0.4) is 0 Å². The Hall–Kier alpha value is -4.33. The van der Waals surface area contributed by atoms with Gasteiger partial charge in [-0.15, -0.1) is 0 Å². The summed E-state index contributed by atoms with van der Waals surface area (Å²) in [5.74, 6) is 2.36. The summed E-state index contributed by atoms with van der Waals surface area (Å²) in [4.78, 5) is 27.9. The molecule has 0 aliphatic heterocycles. The predicted molar refractivity (Wildman–Crippen MR) is 147 cm³/mol. The third-order valence-corrected chi connectivity index (χ3v) is 6.11. The monoisotopic (exact) mass is 503 g/mol. The van der Waals surface area contributed by atoms with Gasteiger partial charge in [-0.2, -0.15) is 0 Å². The number of methoxy groups -OCH3 is 3. The molecule has 0 amide bonds. The zero-order valence-corrected chi connectivity index (χ0v) is 22.3. The number of aryl methyl sites for hydroxylation is 3. The third-order valence-electron chi connectivity index (χ3n) is 6.11. The highest BCUT2D eigenvalue weighted by Crippen LogP contribution is 2.38. The minimum atomic E-state index is -0.0252. The van der Waals surface area contributed by atoms with Crippen molar-refractivity contribution in [2.75, 3.05) is 33.7 Å². The number of benzene rings is 3. The van der Waals surface area contributed by atoms with Crippen LogP contribution in [0.1, 0.15) is 22.5 Å². The number of carbonyl (C=O) groups excluding carboxylic acids is 1. The van der Waals surface area contributed by atoms with Gasteiger partial charge in [-0.25, -0.2) is 4.98 Å². The van der Waals surface area contributed by atoms with E-state index in [0.717, 1.165) is 39.9 Å². The molecule has 3 aromatic carbocycles. The maximum Gasteiger partial charge on any atom is 0.265 e. The first-order valence-electron chi connectivity index (χ1n) is 11.8. The molecule has 0 unspecified atom stereocenters. The molecule has 0 atom stereocenters. The van der Waals surface area contributed by atoms with Gasteiger partial charge < -0.3 is 24.3 Å². The SMILES string of the molecule is CNc1ccc(-n2c(C)nc3cc(C)c(C)cc3c2=O)cc1.COc1cc(CC=O)cc(OC)c1OC. The van der Waals surface area contributed by atoms with Gasteiger partial charge in [0.15, 0.2) is 11.5 Å². The Labute approximate surface area is 216 Å². The fraction of sp³-hybridized carbons (Fsp3) is 0.276. The van der Waals surface area contributed by atoms with Crippen molar-refractivity contribution in [3.8, 4) is 22.9 Å². The number of fused-ring (bicyclic) bond motifs is 1. The lowest BCUT2D eigenvalue weighted by Gasteiger charge is -2.13. The largest absolute Gasteiger partial charge is 0.493 e. The van der Waals surface area contributed by atoms with Crippen molar-refractivity contribution < 1.29 is 19.0 Å². The molecule has 0 aliphatic carbocycles. The molecule has 0 spiro atoms. The molecule has 4 aromatic rings. The number of aromatic nitrogens is 2. The van der Waals surface area contributed by atoms with Crippen molar-refractivity contribution in [2.45, 2.75) is 27.2 Å². The summed E-state index contributed by atoms with van der Waals surface area (Å²) in [5.41, 5.74) is 5.65. The van der Waals surface area contributed by atoms with Crippen LogP contribution in [0.4, 0.5) is 5.69 Å². The van der Waals surface area contributed by atoms with E-state index in [1.807, 2.05) is 64.2 Å². The van der Waals surface area contributed by atoms with Crippen LogP contribution in [-0.2, 0) is 11.2 Å². The number of nitrogens with zero attached hydrogens (tertiary/aromatic N) is 2. The summed E-state index contributed by atoms with van der Waals surface area (Å²) in [6.45, 7) is 5.91. The van der Waals surface area contributed by atoms with Gasteiger partial charge in [0.1, 0.15) is 12.1 Å². The first-order chi connectivity index (χ1) is 17.8. The molecular weight excluding hydrogens is 470 g/mol. The minimum Gasteiger partial charge on any atom is -0.493 e. The van der Waals surface area contributed by atoms with Crippen LogP contribution < -0.4 is 25.1 Å². The van der Waals surface area contributed by atoms with Gasteiger partial charge in [0, 0.05) is 19.2 Å². The maximum atomic E-state index is 12.9. The van der Waals surface area contributed by atoms with Gasteiger partial charge in [0.05, 0.1) is 37.9 Å². The molecular formula is C29H33N3O5. The molecule has 0 aliphatic rings. The van der Waals surface area contributed by atoms with Gasteiger partial charge in [0.2, 0.25) is 5.75 Å². The van der Waals surface area contributed by atoms with E-state index in [0.29, 0.717) is 34.9 Å². The van der Waals surface area contributed by atoms with E-state index in [2.05, 4.69) is 10.3 Å². The van der Waals surface area contributed by atoms with Crippen molar-refractivity contribution in [3.63, 3.8) is 0 Å². The fourth-order valence-electron chi connectivity index (χ4n) is 3.99.